The Kier molecular flexibility index (Phi) is 6.66. The fourth-order valence-corrected chi connectivity index (χ4v) is 6.44. The summed E-state index contributed by atoms with van der Waals surface area (Å²) in [5.74, 6) is 1.21. The minimum absolute atomic E-state index is 0.0882. The fourth-order valence-electron chi connectivity index (χ4n) is 2.62. The number of ether oxygens (including phenoxy) is 3. The molecule has 2 aromatic heterocycles. The van der Waals surface area contributed by atoms with Crippen molar-refractivity contribution < 1.29 is 22.6 Å². The van der Waals surface area contributed by atoms with E-state index in [1.165, 1.54) is 23.5 Å². The molecule has 1 aromatic carbocycles. The minimum Gasteiger partial charge on any atom is -0.495 e. The van der Waals surface area contributed by atoms with Gasteiger partial charge in [0.1, 0.15) is 25.9 Å². The van der Waals surface area contributed by atoms with Gasteiger partial charge in [-0.3, -0.25) is 0 Å². The van der Waals surface area contributed by atoms with Crippen LogP contribution in [0.15, 0.2) is 32.9 Å². The summed E-state index contributed by atoms with van der Waals surface area (Å²) in [7, 11) is -0.781. The van der Waals surface area contributed by atoms with Gasteiger partial charge in [-0.15, -0.1) is 15.7 Å². The molecule has 0 amide bonds. The van der Waals surface area contributed by atoms with E-state index in [0.29, 0.717) is 45.9 Å². The topological polar surface area (TPSA) is 79.1 Å². The van der Waals surface area contributed by atoms with Crippen molar-refractivity contribution in [1.82, 2.24) is 4.57 Å². The number of nitrogens with zero attached hydrogens (tertiary/aromatic N) is 2. The number of aromatic nitrogens is 1. The summed E-state index contributed by atoms with van der Waals surface area (Å²) in [5.41, 5.74) is 0.713. The van der Waals surface area contributed by atoms with Gasteiger partial charge in [0.15, 0.2) is 0 Å². The molecule has 0 bridgehead atoms. The van der Waals surface area contributed by atoms with Crippen molar-refractivity contribution in [2.24, 2.45) is 4.40 Å². The third-order valence-electron chi connectivity index (χ3n) is 3.86. The van der Waals surface area contributed by atoms with Crippen LogP contribution in [0.3, 0.4) is 0 Å². The van der Waals surface area contributed by atoms with Crippen LogP contribution in [0.4, 0.5) is 0 Å². The Bertz CT molecular complexity index is 1150. The van der Waals surface area contributed by atoms with Gasteiger partial charge < -0.3 is 18.8 Å². The lowest BCUT2D eigenvalue weighted by molar-refractivity contribution is 0.139. The number of hydrogen-bond donors (Lipinski definition) is 0. The van der Waals surface area contributed by atoms with Crippen molar-refractivity contribution in [3.63, 3.8) is 0 Å². The second-order valence-electron chi connectivity index (χ2n) is 5.51. The molecule has 0 radical (unpaired) electrons. The Morgan fingerprint density at radius 3 is 2.43 bits per heavy atom. The smallest absolute Gasteiger partial charge is 0.294 e. The fraction of sp³-hybridized carbons (Fsp3) is 0.353. The summed E-state index contributed by atoms with van der Waals surface area (Å²) >= 11 is 8.08. The normalized spacial score (nSPS) is 12.6. The lowest BCUT2D eigenvalue weighted by Gasteiger charge is -2.10. The molecule has 0 saturated heterocycles. The van der Waals surface area contributed by atoms with E-state index in [1.54, 1.807) is 30.9 Å². The van der Waals surface area contributed by atoms with Crippen molar-refractivity contribution in [2.45, 2.75) is 17.7 Å². The zero-order valence-corrected chi connectivity index (χ0v) is 18.7. The first-order valence-electron chi connectivity index (χ1n) is 8.29. The third-order valence-corrected chi connectivity index (χ3v) is 8.03. The molecule has 152 valence electrons. The maximum Gasteiger partial charge on any atom is 0.294 e. The second kappa shape index (κ2) is 8.83. The molecule has 0 fully saturated rings. The lowest BCUT2D eigenvalue weighted by atomic mass is 10.3. The first-order valence-corrected chi connectivity index (χ1v) is 11.7. The zero-order valence-electron chi connectivity index (χ0n) is 15.5. The molecule has 0 unspecified atom stereocenters. The molecule has 0 saturated carbocycles. The van der Waals surface area contributed by atoms with E-state index in [9.17, 15) is 8.42 Å². The summed E-state index contributed by atoms with van der Waals surface area (Å²) < 4.78 is 49.0. The van der Waals surface area contributed by atoms with Gasteiger partial charge in [-0.05, 0) is 31.2 Å². The van der Waals surface area contributed by atoms with Gasteiger partial charge in [0.25, 0.3) is 10.0 Å². The van der Waals surface area contributed by atoms with Gasteiger partial charge in [-0.1, -0.05) is 22.9 Å². The maximum atomic E-state index is 12.8. The quantitative estimate of drug-likeness (QED) is 0.476. The van der Waals surface area contributed by atoms with Gasteiger partial charge >= 0.3 is 0 Å². The molecular weight excluding hydrogens is 444 g/mol. The van der Waals surface area contributed by atoms with E-state index in [0.717, 1.165) is 16.0 Å². The van der Waals surface area contributed by atoms with Crippen LogP contribution < -0.4 is 14.3 Å². The van der Waals surface area contributed by atoms with Crippen molar-refractivity contribution in [3.8, 4) is 11.5 Å². The number of thiophene rings is 1. The van der Waals surface area contributed by atoms with Crippen LogP contribution in [-0.2, 0) is 21.3 Å². The standard InChI is InChI=1S/C17H19ClN2O5S3/c1-4-25-10-9-20-15-11(23-2)5-6-12(24-3)16(15)27-17(20)19-28(21,22)14-8-7-13(18)26-14/h5-8H,4,9-10H2,1-3H3. The van der Waals surface area contributed by atoms with Crippen LogP contribution >= 0.6 is 34.3 Å². The number of halogens is 1. The first kappa shape index (κ1) is 21.1. The Labute approximate surface area is 175 Å². The van der Waals surface area contributed by atoms with Gasteiger partial charge in [0, 0.05) is 13.2 Å². The van der Waals surface area contributed by atoms with Crippen LogP contribution in [0.25, 0.3) is 10.2 Å². The number of rotatable bonds is 8. The summed E-state index contributed by atoms with van der Waals surface area (Å²) in [6, 6.07) is 6.55. The van der Waals surface area contributed by atoms with Crippen LogP contribution in [0.5, 0.6) is 11.5 Å². The van der Waals surface area contributed by atoms with Gasteiger partial charge in [0.05, 0.1) is 25.2 Å². The van der Waals surface area contributed by atoms with Crippen molar-refractivity contribution in [3.05, 3.63) is 33.4 Å². The van der Waals surface area contributed by atoms with E-state index in [4.69, 9.17) is 25.8 Å². The minimum atomic E-state index is -3.91. The molecular formula is C17H19ClN2O5S3. The highest BCUT2D eigenvalue weighted by molar-refractivity contribution is 7.92. The first-order chi connectivity index (χ1) is 13.4. The highest BCUT2D eigenvalue weighted by Gasteiger charge is 2.20. The van der Waals surface area contributed by atoms with Gasteiger partial charge in [-0.25, -0.2) is 0 Å². The van der Waals surface area contributed by atoms with Gasteiger partial charge in [0.2, 0.25) is 4.80 Å². The summed E-state index contributed by atoms with van der Waals surface area (Å²) in [5, 5.41) is 0. The molecule has 28 heavy (non-hydrogen) atoms. The Balaban J connectivity index is 2.27. The number of thiazole rings is 1. The molecule has 0 aliphatic rings. The van der Waals surface area contributed by atoms with Crippen LogP contribution in [0.2, 0.25) is 4.34 Å². The number of methoxy groups -OCH3 is 2. The van der Waals surface area contributed by atoms with Crippen molar-refractivity contribution in [2.75, 3.05) is 27.4 Å². The number of benzene rings is 1. The Morgan fingerprint density at radius 1 is 1.11 bits per heavy atom. The summed E-state index contributed by atoms with van der Waals surface area (Å²) in [6.07, 6.45) is 0. The van der Waals surface area contributed by atoms with E-state index < -0.39 is 10.0 Å². The summed E-state index contributed by atoms with van der Waals surface area (Å²) in [6.45, 7) is 3.27. The molecule has 3 aromatic rings. The second-order valence-corrected chi connectivity index (χ2v) is 10.0. The molecule has 11 heteroatoms. The maximum absolute atomic E-state index is 12.8. The molecule has 0 N–H and O–H groups in total. The van der Waals surface area contributed by atoms with Crippen LogP contribution in [0.1, 0.15) is 6.92 Å². The van der Waals surface area contributed by atoms with Crippen LogP contribution in [0, 0.1) is 0 Å². The zero-order chi connectivity index (χ0) is 20.3. The van der Waals surface area contributed by atoms with E-state index in [-0.39, 0.29) is 4.21 Å². The van der Waals surface area contributed by atoms with Crippen molar-refractivity contribution >= 4 is 54.5 Å². The molecule has 0 aliphatic heterocycles. The van der Waals surface area contributed by atoms with Crippen LogP contribution in [-0.4, -0.2) is 40.4 Å². The molecule has 0 atom stereocenters. The molecule has 2 heterocycles. The number of hydrogen-bond acceptors (Lipinski definition) is 7. The van der Waals surface area contributed by atoms with Gasteiger partial charge in [-0.2, -0.15) is 8.42 Å². The number of fused-ring (bicyclic) bond motifs is 1. The largest absolute Gasteiger partial charge is 0.495 e. The SMILES string of the molecule is CCOCCn1c(=NS(=O)(=O)c2ccc(Cl)s2)sc2c(OC)ccc(OC)c21. The van der Waals surface area contributed by atoms with E-state index >= 15 is 0 Å². The molecule has 7 nitrogen and oxygen atoms in total. The average Bonchev–Trinajstić information content (AvgIpc) is 3.26. The predicted octanol–water partition coefficient (Wildman–Crippen LogP) is 3.76. The van der Waals surface area contributed by atoms with E-state index in [1.807, 2.05) is 6.92 Å². The molecule has 0 aliphatic carbocycles. The highest BCUT2D eigenvalue weighted by atomic mass is 35.5. The molecule has 3 rings (SSSR count). The van der Waals surface area contributed by atoms with E-state index in [2.05, 4.69) is 4.40 Å². The average molecular weight is 463 g/mol. The Hall–Kier alpha value is -1.59. The summed E-state index contributed by atoms with van der Waals surface area (Å²) in [4.78, 5) is 0.307. The monoisotopic (exact) mass is 462 g/mol. The Morgan fingerprint density at radius 2 is 1.82 bits per heavy atom. The lowest BCUT2D eigenvalue weighted by Crippen LogP contribution is -2.20. The van der Waals surface area contributed by atoms with Crippen molar-refractivity contribution in [1.29, 1.82) is 0 Å². The molecule has 0 spiro atoms. The third kappa shape index (κ3) is 4.20. The highest BCUT2D eigenvalue weighted by Crippen LogP contribution is 2.35. The number of sulfonamides is 1. The predicted molar refractivity (Wildman–Crippen MR) is 111 cm³/mol.